The topological polar surface area (TPSA) is 79.5 Å². The molecule has 1 aliphatic rings. The normalized spacial score (nSPS) is 16.1. The van der Waals surface area contributed by atoms with E-state index in [2.05, 4.69) is 35.9 Å². The van der Waals surface area contributed by atoms with E-state index in [4.69, 9.17) is 4.74 Å². The van der Waals surface area contributed by atoms with Crippen LogP contribution in [0.25, 0.3) is 0 Å². The lowest BCUT2D eigenvalue weighted by Crippen LogP contribution is -2.46. The Morgan fingerprint density at radius 3 is 2.87 bits per heavy atom. The molecule has 3 N–H and O–H groups in total. The summed E-state index contributed by atoms with van der Waals surface area (Å²) >= 11 is 1.69. The van der Waals surface area contributed by atoms with Crippen LogP contribution >= 0.6 is 11.3 Å². The second-order valence-electron chi connectivity index (χ2n) is 5.60. The number of nitrogens with one attached hydrogen (secondary N) is 3. The molecule has 6 nitrogen and oxygen atoms in total. The van der Waals surface area contributed by atoms with Crippen LogP contribution in [0.4, 0.5) is 4.79 Å². The minimum Gasteiger partial charge on any atom is -0.463 e. The second-order valence-corrected chi connectivity index (χ2v) is 6.58. The molecule has 1 aromatic rings. The molecule has 0 spiro atoms. The molecule has 0 radical (unpaired) electrons. The lowest BCUT2D eigenvalue weighted by atomic mass is 10.0. The first-order valence-electron chi connectivity index (χ1n) is 7.73. The monoisotopic (exact) mass is 337 g/mol. The molecule has 7 heteroatoms. The molecular formula is C16H23N3O3S. The van der Waals surface area contributed by atoms with Gasteiger partial charge in [-0.25, -0.2) is 9.59 Å². The van der Waals surface area contributed by atoms with E-state index in [0.29, 0.717) is 30.3 Å². The van der Waals surface area contributed by atoms with Crippen molar-refractivity contribution in [1.82, 2.24) is 16.0 Å². The van der Waals surface area contributed by atoms with E-state index in [9.17, 15) is 9.59 Å². The molecular weight excluding hydrogens is 314 g/mol. The van der Waals surface area contributed by atoms with Gasteiger partial charge in [-0.1, -0.05) is 19.9 Å². The largest absolute Gasteiger partial charge is 0.463 e. The Balaban J connectivity index is 2.13. The molecule has 1 aromatic heterocycles. The first-order valence-corrected chi connectivity index (χ1v) is 8.61. The number of ether oxygens (including phenoxy) is 1. The Hall–Kier alpha value is -1.86. The molecule has 0 saturated carbocycles. The van der Waals surface area contributed by atoms with E-state index in [1.807, 2.05) is 11.4 Å². The third-order valence-electron chi connectivity index (χ3n) is 3.59. The maximum absolute atomic E-state index is 12.0. The highest BCUT2D eigenvalue weighted by Gasteiger charge is 2.25. The van der Waals surface area contributed by atoms with Crippen molar-refractivity contribution >= 4 is 23.3 Å². The summed E-state index contributed by atoms with van der Waals surface area (Å²) in [6.07, 6.45) is 0. The number of hydrogen-bond acceptors (Lipinski definition) is 5. The number of thiophene rings is 1. The van der Waals surface area contributed by atoms with Gasteiger partial charge in [-0.05, 0) is 24.3 Å². The molecule has 1 atom stereocenters. The van der Waals surface area contributed by atoms with Crippen molar-refractivity contribution in [3.8, 4) is 0 Å². The lowest BCUT2D eigenvalue weighted by molar-refractivity contribution is -0.138. The Kier molecular flexibility index (Phi) is 6.18. The van der Waals surface area contributed by atoms with Gasteiger partial charge in [0.1, 0.15) is 0 Å². The average Bonchev–Trinajstić information content (AvgIpc) is 3.01. The van der Waals surface area contributed by atoms with E-state index in [1.54, 1.807) is 18.3 Å². The summed E-state index contributed by atoms with van der Waals surface area (Å²) in [7, 11) is 0. The third kappa shape index (κ3) is 4.56. The van der Waals surface area contributed by atoms with Crippen LogP contribution in [-0.2, 0) is 9.53 Å². The number of carbonyl (C=O) groups excluding carboxylic acids is 2. The van der Waals surface area contributed by atoms with E-state index < -0.39 is 5.97 Å². The van der Waals surface area contributed by atoms with Crippen molar-refractivity contribution < 1.29 is 14.3 Å². The quantitative estimate of drug-likeness (QED) is 0.666. The molecule has 1 aliphatic heterocycles. The van der Waals surface area contributed by atoms with Gasteiger partial charge in [0.2, 0.25) is 0 Å². The fraction of sp³-hybridized carbons (Fsp3) is 0.500. The predicted octanol–water partition coefficient (Wildman–Crippen LogP) is 2.16. The Morgan fingerprint density at radius 2 is 2.26 bits per heavy atom. The van der Waals surface area contributed by atoms with Crippen molar-refractivity contribution in [1.29, 1.82) is 0 Å². The van der Waals surface area contributed by atoms with E-state index >= 15 is 0 Å². The zero-order valence-electron chi connectivity index (χ0n) is 13.6. The first kappa shape index (κ1) is 17.5. The zero-order chi connectivity index (χ0) is 16.8. The molecule has 0 bridgehead atoms. The van der Waals surface area contributed by atoms with Crippen LogP contribution in [-0.4, -0.2) is 31.7 Å². The van der Waals surface area contributed by atoms with Crippen LogP contribution in [0.1, 0.15) is 31.7 Å². The SMILES string of the molecule is CCOC(=O)C1=C(CNC(c2cccs2)C(C)C)NC(=O)NC1. The summed E-state index contributed by atoms with van der Waals surface area (Å²) in [6, 6.07) is 3.97. The third-order valence-corrected chi connectivity index (χ3v) is 4.55. The highest BCUT2D eigenvalue weighted by molar-refractivity contribution is 7.10. The van der Waals surface area contributed by atoms with E-state index in [1.165, 1.54) is 4.88 Å². The highest BCUT2D eigenvalue weighted by atomic mass is 32.1. The molecule has 0 fully saturated rings. The number of carbonyl (C=O) groups is 2. The van der Waals surface area contributed by atoms with Crippen LogP contribution < -0.4 is 16.0 Å². The highest BCUT2D eigenvalue weighted by Crippen LogP contribution is 2.26. The summed E-state index contributed by atoms with van der Waals surface area (Å²) in [5, 5.41) is 10.8. The summed E-state index contributed by atoms with van der Waals surface area (Å²) in [5.41, 5.74) is 1.04. The zero-order valence-corrected chi connectivity index (χ0v) is 14.5. The standard InChI is InChI=1S/C16H23N3O3S/c1-4-22-15(20)11-8-18-16(21)19-12(11)9-17-14(10(2)3)13-6-5-7-23-13/h5-7,10,14,17H,4,8-9H2,1-3H3,(H2,18,19,21). The number of esters is 1. The van der Waals surface area contributed by atoms with Gasteiger partial charge in [0.05, 0.1) is 18.7 Å². The molecule has 1 unspecified atom stereocenters. The van der Waals surface area contributed by atoms with Crippen LogP contribution in [0.15, 0.2) is 28.8 Å². The van der Waals surface area contributed by atoms with Crippen LogP contribution in [0, 0.1) is 5.92 Å². The molecule has 2 heterocycles. The maximum atomic E-state index is 12.0. The van der Waals surface area contributed by atoms with Crippen molar-refractivity contribution in [2.75, 3.05) is 19.7 Å². The average molecular weight is 337 g/mol. The Labute approximate surface area is 140 Å². The summed E-state index contributed by atoms with van der Waals surface area (Å²) in [6.45, 7) is 6.94. The van der Waals surface area contributed by atoms with Gasteiger partial charge in [0, 0.05) is 23.2 Å². The van der Waals surface area contributed by atoms with Gasteiger partial charge in [-0.2, -0.15) is 0 Å². The first-order chi connectivity index (χ1) is 11.0. The lowest BCUT2D eigenvalue weighted by Gasteiger charge is -2.25. The molecule has 0 aromatic carbocycles. The van der Waals surface area contributed by atoms with E-state index in [0.717, 1.165) is 0 Å². The van der Waals surface area contributed by atoms with Gasteiger partial charge in [-0.15, -0.1) is 11.3 Å². The minimum absolute atomic E-state index is 0.165. The molecule has 2 rings (SSSR count). The van der Waals surface area contributed by atoms with Crippen molar-refractivity contribution in [3.63, 3.8) is 0 Å². The summed E-state index contributed by atoms with van der Waals surface area (Å²) in [5.74, 6) is -0.00766. The molecule has 2 amide bonds. The number of hydrogen-bond donors (Lipinski definition) is 3. The minimum atomic E-state index is -0.394. The van der Waals surface area contributed by atoms with Crippen LogP contribution in [0.3, 0.4) is 0 Å². The van der Waals surface area contributed by atoms with Gasteiger partial charge < -0.3 is 20.7 Å². The van der Waals surface area contributed by atoms with E-state index in [-0.39, 0.29) is 18.6 Å². The number of urea groups is 1. The van der Waals surface area contributed by atoms with Crippen molar-refractivity contribution in [2.45, 2.75) is 26.8 Å². The molecule has 126 valence electrons. The predicted molar refractivity (Wildman–Crippen MR) is 90.1 cm³/mol. The summed E-state index contributed by atoms with van der Waals surface area (Å²) in [4.78, 5) is 24.8. The van der Waals surface area contributed by atoms with Gasteiger partial charge >= 0.3 is 12.0 Å². The second kappa shape index (κ2) is 8.12. The smallest absolute Gasteiger partial charge is 0.337 e. The van der Waals surface area contributed by atoms with Crippen LogP contribution in [0.5, 0.6) is 0 Å². The fourth-order valence-corrected chi connectivity index (χ4v) is 3.42. The number of amides is 2. The molecule has 23 heavy (non-hydrogen) atoms. The van der Waals surface area contributed by atoms with Gasteiger partial charge in [0.15, 0.2) is 0 Å². The molecule has 0 saturated heterocycles. The van der Waals surface area contributed by atoms with Crippen molar-refractivity contribution in [2.24, 2.45) is 5.92 Å². The molecule has 0 aliphatic carbocycles. The Morgan fingerprint density at radius 1 is 1.48 bits per heavy atom. The Bertz CT molecular complexity index is 581. The van der Waals surface area contributed by atoms with Gasteiger partial charge in [-0.3, -0.25) is 0 Å². The van der Waals surface area contributed by atoms with Crippen molar-refractivity contribution in [3.05, 3.63) is 33.7 Å². The fourth-order valence-electron chi connectivity index (χ4n) is 2.44. The van der Waals surface area contributed by atoms with Gasteiger partial charge in [0.25, 0.3) is 0 Å². The maximum Gasteiger partial charge on any atom is 0.337 e. The summed E-state index contributed by atoms with van der Waals surface area (Å²) < 4.78 is 5.06. The number of rotatable bonds is 7. The van der Waals surface area contributed by atoms with Crippen LogP contribution in [0.2, 0.25) is 0 Å².